The molecule has 1 saturated heterocycles. The summed E-state index contributed by atoms with van der Waals surface area (Å²) in [5.74, 6) is -2.45. The van der Waals surface area contributed by atoms with Crippen LogP contribution in [0.5, 0.6) is 5.75 Å². The van der Waals surface area contributed by atoms with Gasteiger partial charge in [-0.05, 0) is 42.7 Å². The van der Waals surface area contributed by atoms with Crippen LogP contribution in [0.3, 0.4) is 0 Å². The first-order chi connectivity index (χ1) is 16.2. The smallest absolute Gasteiger partial charge is 0.257 e. The van der Waals surface area contributed by atoms with Gasteiger partial charge in [-0.2, -0.15) is 5.10 Å². The van der Waals surface area contributed by atoms with Crippen molar-refractivity contribution in [1.82, 2.24) is 9.82 Å². The van der Waals surface area contributed by atoms with Gasteiger partial charge in [0.2, 0.25) is 10.0 Å². The largest absolute Gasteiger partial charge is 0.504 e. The van der Waals surface area contributed by atoms with Crippen molar-refractivity contribution in [3.05, 3.63) is 59.5 Å². The van der Waals surface area contributed by atoms with Crippen LogP contribution in [0.4, 0.5) is 15.2 Å². The Morgan fingerprint density at radius 1 is 1.26 bits per heavy atom. The number of carbonyl (C=O) groups excluding carboxylic acids is 1. The number of amides is 1. The van der Waals surface area contributed by atoms with Gasteiger partial charge in [0, 0.05) is 36.1 Å². The van der Waals surface area contributed by atoms with Gasteiger partial charge in [0.15, 0.2) is 16.7 Å². The molecule has 1 fully saturated rings. The van der Waals surface area contributed by atoms with Crippen LogP contribution >= 0.6 is 11.3 Å². The molecule has 178 valence electrons. The van der Waals surface area contributed by atoms with Gasteiger partial charge in [-0.25, -0.2) is 22.6 Å². The molecule has 1 amide bonds. The van der Waals surface area contributed by atoms with Gasteiger partial charge in [0.1, 0.15) is 0 Å². The molecule has 1 aliphatic rings. The summed E-state index contributed by atoms with van der Waals surface area (Å²) in [6.07, 6.45) is 5.82. The number of phenolic OH excluding ortho intramolecular Hbond substituents is 1. The number of nitrogens with one attached hydrogen (secondary N) is 2. The summed E-state index contributed by atoms with van der Waals surface area (Å²) in [6.45, 7) is 2.07. The standard InChI is InChI=1S/C22H22FN5O4S2/c1-34(31,32)27-25-12-16-9-15(11-18(23)20(16)29)21(30)26-22-24-13-19(33-22)14-5-4-6-17(10-14)28-7-2-3-8-28/h4-6,9-13,27,29H,2-3,7-8H2,1H3,(H,24,26,30)/b25-12+. The van der Waals surface area contributed by atoms with E-state index in [9.17, 15) is 22.7 Å². The van der Waals surface area contributed by atoms with E-state index < -0.39 is 27.5 Å². The third-order valence-electron chi connectivity index (χ3n) is 5.11. The van der Waals surface area contributed by atoms with Crippen LogP contribution in [0.1, 0.15) is 28.8 Å². The van der Waals surface area contributed by atoms with Crippen LogP contribution in [0, 0.1) is 5.82 Å². The van der Waals surface area contributed by atoms with E-state index in [1.807, 2.05) is 17.0 Å². The molecule has 0 unspecified atom stereocenters. The number of hydrogen-bond donors (Lipinski definition) is 3. The molecule has 2 aromatic carbocycles. The zero-order chi connectivity index (χ0) is 24.3. The number of hydrazone groups is 1. The average Bonchev–Trinajstić information content (AvgIpc) is 3.48. The highest BCUT2D eigenvalue weighted by atomic mass is 32.2. The zero-order valence-corrected chi connectivity index (χ0v) is 19.8. The third kappa shape index (κ3) is 5.69. The Bertz CT molecular complexity index is 1350. The summed E-state index contributed by atoms with van der Waals surface area (Å²) in [5, 5.41) is 16.3. The predicted molar refractivity (Wildman–Crippen MR) is 131 cm³/mol. The summed E-state index contributed by atoms with van der Waals surface area (Å²) in [7, 11) is -3.62. The highest BCUT2D eigenvalue weighted by Gasteiger charge is 2.17. The lowest BCUT2D eigenvalue weighted by Crippen LogP contribution is -2.17. The van der Waals surface area contributed by atoms with Gasteiger partial charge in [-0.3, -0.25) is 10.1 Å². The van der Waals surface area contributed by atoms with Crippen molar-refractivity contribution in [2.24, 2.45) is 5.10 Å². The number of nitrogens with zero attached hydrogens (tertiary/aromatic N) is 3. The summed E-state index contributed by atoms with van der Waals surface area (Å²) in [4.78, 5) is 22.0. The number of sulfonamides is 1. The lowest BCUT2D eigenvalue weighted by molar-refractivity contribution is 0.102. The molecule has 0 atom stereocenters. The van der Waals surface area contributed by atoms with Crippen LogP contribution in [0.2, 0.25) is 0 Å². The summed E-state index contributed by atoms with van der Waals surface area (Å²) >= 11 is 1.28. The van der Waals surface area contributed by atoms with E-state index in [2.05, 4.69) is 32.4 Å². The molecule has 34 heavy (non-hydrogen) atoms. The van der Waals surface area contributed by atoms with E-state index in [0.29, 0.717) is 5.13 Å². The molecule has 1 aromatic heterocycles. The minimum atomic E-state index is -3.62. The van der Waals surface area contributed by atoms with Gasteiger partial charge in [-0.1, -0.05) is 23.5 Å². The first-order valence-corrected chi connectivity index (χ1v) is 13.1. The van der Waals surface area contributed by atoms with Gasteiger partial charge >= 0.3 is 0 Å². The highest BCUT2D eigenvalue weighted by Crippen LogP contribution is 2.32. The van der Waals surface area contributed by atoms with Gasteiger partial charge in [0.25, 0.3) is 5.91 Å². The number of benzene rings is 2. The molecule has 3 aromatic rings. The Morgan fingerprint density at radius 3 is 2.76 bits per heavy atom. The Balaban J connectivity index is 1.50. The number of rotatable bonds is 7. The number of aromatic nitrogens is 1. The number of thiazole rings is 1. The molecule has 0 radical (unpaired) electrons. The Hall–Kier alpha value is -3.51. The van der Waals surface area contributed by atoms with E-state index in [0.717, 1.165) is 47.8 Å². The molecule has 12 heteroatoms. The second kappa shape index (κ2) is 9.77. The second-order valence-electron chi connectivity index (χ2n) is 7.75. The fourth-order valence-corrected chi connectivity index (χ4v) is 4.56. The third-order valence-corrected chi connectivity index (χ3v) is 6.50. The minimum absolute atomic E-state index is 0.0936. The Morgan fingerprint density at radius 2 is 2.03 bits per heavy atom. The van der Waals surface area contributed by atoms with E-state index in [-0.39, 0.29) is 11.1 Å². The average molecular weight is 504 g/mol. The van der Waals surface area contributed by atoms with Crippen molar-refractivity contribution in [3.63, 3.8) is 0 Å². The van der Waals surface area contributed by atoms with E-state index in [4.69, 9.17) is 0 Å². The number of aromatic hydroxyl groups is 1. The zero-order valence-electron chi connectivity index (χ0n) is 18.2. The highest BCUT2D eigenvalue weighted by molar-refractivity contribution is 7.88. The topological polar surface area (TPSA) is 124 Å². The van der Waals surface area contributed by atoms with Crippen LogP contribution in [-0.2, 0) is 10.0 Å². The van der Waals surface area contributed by atoms with Gasteiger partial charge in [0.05, 0.1) is 17.3 Å². The van der Waals surface area contributed by atoms with Crippen molar-refractivity contribution in [1.29, 1.82) is 0 Å². The number of carbonyl (C=O) groups is 1. The fraction of sp³-hybridized carbons (Fsp3) is 0.227. The first kappa shape index (κ1) is 23.6. The van der Waals surface area contributed by atoms with Crippen LogP contribution in [0.25, 0.3) is 10.4 Å². The van der Waals surface area contributed by atoms with E-state index in [1.165, 1.54) is 30.2 Å². The Kier molecular flexibility index (Phi) is 6.80. The molecular formula is C22H22FN5O4S2. The van der Waals surface area contributed by atoms with E-state index in [1.54, 1.807) is 6.20 Å². The monoisotopic (exact) mass is 503 g/mol. The van der Waals surface area contributed by atoms with Crippen LogP contribution < -0.4 is 15.0 Å². The predicted octanol–water partition coefficient (Wildman–Crippen LogP) is 3.39. The second-order valence-corrected chi connectivity index (χ2v) is 10.5. The van der Waals surface area contributed by atoms with Crippen LogP contribution in [0.15, 0.2) is 47.7 Å². The van der Waals surface area contributed by atoms with Crippen molar-refractivity contribution in [2.75, 3.05) is 29.6 Å². The molecule has 0 saturated carbocycles. The SMILES string of the molecule is CS(=O)(=O)N/N=C/c1cc(C(=O)Nc2ncc(-c3cccc(N4CCCC4)c3)s2)cc(F)c1O. The molecule has 9 nitrogen and oxygen atoms in total. The lowest BCUT2D eigenvalue weighted by atomic mass is 10.1. The fourth-order valence-electron chi connectivity index (χ4n) is 3.51. The van der Waals surface area contributed by atoms with Crippen molar-refractivity contribution >= 4 is 44.3 Å². The maximum Gasteiger partial charge on any atom is 0.257 e. The molecule has 2 heterocycles. The maximum atomic E-state index is 14.1. The number of halogens is 1. The summed E-state index contributed by atoms with van der Waals surface area (Å²) < 4.78 is 36.4. The quantitative estimate of drug-likeness (QED) is 0.335. The number of phenols is 1. The molecule has 0 bridgehead atoms. The molecule has 1 aliphatic heterocycles. The molecule has 0 aliphatic carbocycles. The normalized spacial score (nSPS) is 14.0. The lowest BCUT2D eigenvalue weighted by Gasteiger charge is -2.18. The van der Waals surface area contributed by atoms with Crippen LogP contribution in [-0.4, -0.2) is 50.0 Å². The Labute approximate surface area is 200 Å². The maximum absolute atomic E-state index is 14.1. The van der Waals surface area contributed by atoms with Crippen molar-refractivity contribution in [3.8, 4) is 16.2 Å². The van der Waals surface area contributed by atoms with Gasteiger partial charge in [-0.15, -0.1) is 0 Å². The summed E-state index contributed by atoms with van der Waals surface area (Å²) in [6, 6.07) is 10.2. The van der Waals surface area contributed by atoms with E-state index >= 15 is 0 Å². The molecule has 3 N–H and O–H groups in total. The molecule has 4 rings (SSSR count). The number of anilines is 2. The molecular weight excluding hydrogens is 481 g/mol. The summed E-state index contributed by atoms with van der Waals surface area (Å²) in [5.41, 5.74) is 1.87. The first-order valence-electron chi connectivity index (χ1n) is 10.3. The molecule has 0 spiro atoms. The number of hydrogen-bond acceptors (Lipinski definition) is 8. The minimum Gasteiger partial charge on any atom is -0.504 e. The van der Waals surface area contributed by atoms with Crippen molar-refractivity contribution in [2.45, 2.75) is 12.8 Å². The van der Waals surface area contributed by atoms with Crippen molar-refractivity contribution < 1.29 is 22.7 Å². The van der Waals surface area contributed by atoms with Gasteiger partial charge < -0.3 is 10.0 Å².